The summed E-state index contributed by atoms with van der Waals surface area (Å²) in [5.74, 6) is 1.69. The molecule has 0 fully saturated rings. The third-order valence-corrected chi connectivity index (χ3v) is 4.17. The van der Waals surface area contributed by atoms with E-state index in [0.29, 0.717) is 17.6 Å². The Kier molecular flexibility index (Phi) is 3.49. The van der Waals surface area contributed by atoms with Crippen LogP contribution in [0.2, 0.25) is 0 Å². The number of carbonyl (C=O) groups excluding carboxylic acids is 1. The van der Waals surface area contributed by atoms with Crippen LogP contribution in [0.25, 0.3) is 11.0 Å². The lowest BCUT2D eigenvalue weighted by Gasteiger charge is -2.08. The highest BCUT2D eigenvalue weighted by Gasteiger charge is 2.15. The van der Waals surface area contributed by atoms with Gasteiger partial charge in [-0.1, -0.05) is 6.42 Å². The van der Waals surface area contributed by atoms with Crippen molar-refractivity contribution in [2.75, 3.05) is 0 Å². The van der Waals surface area contributed by atoms with E-state index in [9.17, 15) is 4.79 Å². The van der Waals surface area contributed by atoms with Gasteiger partial charge < -0.3 is 9.88 Å². The van der Waals surface area contributed by atoms with Crippen LogP contribution in [0.5, 0.6) is 0 Å². The van der Waals surface area contributed by atoms with Crippen molar-refractivity contribution < 1.29 is 4.79 Å². The Morgan fingerprint density at radius 3 is 3.04 bits per heavy atom. The molecule has 1 aliphatic heterocycles. The van der Waals surface area contributed by atoms with E-state index in [4.69, 9.17) is 0 Å². The molecule has 1 aromatic carbocycles. The Labute approximate surface area is 132 Å². The smallest absolute Gasteiger partial charge is 0.251 e. The molecule has 0 spiro atoms. The highest BCUT2D eigenvalue weighted by Crippen LogP contribution is 2.15. The summed E-state index contributed by atoms with van der Waals surface area (Å²) >= 11 is 0. The molecular formula is C15H17N7O. The molecule has 1 aliphatic rings. The number of rotatable bonds is 3. The normalized spacial score (nSPS) is 14.4. The van der Waals surface area contributed by atoms with Gasteiger partial charge >= 0.3 is 0 Å². The first-order valence-corrected chi connectivity index (χ1v) is 7.81. The number of aromatic amines is 1. The molecule has 0 saturated carbocycles. The van der Waals surface area contributed by atoms with Gasteiger partial charge in [0.1, 0.15) is 16.9 Å². The van der Waals surface area contributed by atoms with E-state index in [1.54, 1.807) is 18.2 Å². The Morgan fingerprint density at radius 2 is 2.09 bits per heavy atom. The molecule has 0 bridgehead atoms. The van der Waals surface area contributed by atoms with Crippen molar-refractivity contribution in [3.05, 3.63) is 35.4 Å². The molecule has 23 heavy (non-hydrogen) atoms. The lowest BCUT2D eigenvalue weighted by Crippen LogP contribution is -2.25. The molecule has 0 aliphatic carbocycles. The number of fused-ring (bicyclic) bond motifs is 2. The van der Waals surface area contributed by atoms with E-state index in [2.05, 4.69) is 35.5 Å². The summed E-state index contributed by atoms with van der Waals surface area (Å²) in [4.78, 5) is 12.3. The highest BCUT2D eigenvalue weighted by molar-refractivity contribution is 5.97. The average Bonchev–Trinajstić information content (AvgIpc) is 3.12. The van der Waals surface area contributed by atoms with Crippen LogP contribution in [0.3, 0.4) is 0 Å². The maximum Gasteiger partial charge on any atom is 0.251 e. The van der Waals surface area contributed by atoms with Gasteiger partial charge in [-0.05, 0) is 31.0 Å². The Morgan fingerprint density at radius 1 is 1.17 bits per heavy atom. The fraction of sp³-hybridized carbons (Fsp3) is 0.400. The average molecular weight is 311 g/mol. The summed E-state index contributed by atoms with van der Waals surface area (Å²) in [6.45, 7) is 1.31. The maximum absolute atomic E-state index is 12.3. The summed E-state index contributed by atoms with van der Waals surface area (Å²) in [6, 6.07) is 5.24. The molecule has 2 N–H and O–H groups in total. The fourth-order valence-corrected chi connectivity index (χ4v) is 2.92. The van der Waals surface area contributed by atoms with Crippen LogP contribution in [-0.4, -0.2) is 36.1 Å². The van der Waals surface area contributed by atoms with Crippen molar-refractivity contribution >= 4 is 16.9 Å². The van der Waals surface area contributed by atoms with Crippen molar-refractivity contribution in [3.63, 3.8) is 0 Å². The summed E-state index contributed by atoms with van der Waals surface area (Å²) in [5, 5.41) is 21.9. The summed E-state index contributed by atoms with van der Waals surface area (Å²) in [6.07, 6.45) is 4.47. The van der Waals surface area contributed by atoms with Gasteiger partial charge in [0.15, 0.2) is 5.82 Å². The first-order valence-electron chi connectivity index (χ1n) is 7.81. The second-order valence-corrected chi connectivity index (χ2v) is 5.70. The molecular weight excluding hydrogens is 294 g/mol. The Bertz CT molecular complexity index is 851. The summed E-state index contributed by atoms with van der Waals surface area (Å²) in [5.41, 5.74) is 1.97. The van der Waals surface area contributed by atoms with Crippen molar-refractivity contribution in [2.45, 2.75) is 38.8 Å². The number of nitrogens with one attached hydrogen (secondary N) is 2. The quantitative estimate of drug-likeness (QED) is 0.757. The van der Waals surface area contributed by atoms with Crippen molar-refractivity contribution in [3.8, 4) is 0 Å². The minimum absolute atomic E-state index is 0.152. The number of hydrogen-bond acceptors (Lipinski definition) is 5. The maximum atomic E-state index is 12.3. The lowest BCUT2D eigenvalue weighted by atomic mass is 10.2. The van der Waals surface area contributed by atoms with E-state index in [-0.39, 0.29) is 5.91 Å². The molecule has 1 amide bonds. The molecule has 3 heterocycles. The minimum Gasteiger partial charge on any atom is -0.345 e. The van der Waals surface area contributed by atoms with Crippen molar-refractivity contribution in [1.82, 2.24) is 35.5 Å². The first-order chi connectivity index (χ1) is 11.3. The summed E-state index contributed by atoms with van der Waals surface area (Å²) < 4.78 is 2.13. The van der Waals surface area contributed by atoms with Gasteiger partial charge in [-0.25, -0.2) is 0 Å². The summed E-state index contributed by atoms with van der Waals surface area (Å²) in [7, 11) is 0. The van der Waals surface area contributed by atoms with E-state index in [1.165, 1.54) is 6.42 Å². The van der Waals surface area contributed by atoms with E-state index in [0.717, 1.165) is 43.0 Å². The first kappa shape index (κ1) is 13.9. The number of hydrogen-bond donors (Lipinski definition) is 2. The van der Waals surface area contributed by atoms with Gasteiger partial charge in [0, 0.05) is 18.5 Å². The van der Waals surface area contributed by atoms with Crippen LogP contribution in [0.15, 0.2) is 18.2 Å². The molecule has 0 unspecified atom stereocenters. The van der Waals surface area contributed by atoms with Crippen LogP contribution in [-0.2, 0) is 19.5 Å². The van der Waals surface area contributed by atoms with Gasteiger partial charge in [0.25, 0.3) is 5.91 Å². The second-order valence-electron chi connectivity index (χ2n) is 5.70. The van der Waals surface area contributed by atoms with Crippen molar-refractivity contribution in [1.29, 1.82) is 0 Å². The third kappa shape index (κ3) is 2.67. The standard InChI is InChI=1S/C15H17N7O/c23-15(10-5-6-11-12(8-10)18-21-17-11)16-9-14-20-19-13-4-2-1-3-7-22(13)14/h5-6,8H,1-4,7,9H2,(H,16,23)(H,17,18,21). The molecule has 118 valence electrons. The number of amides is 1. The van der Waals surface area contributed by atoms with Crippen LogP contribution >= 0.6 is 0 Å². The topological polar surface area (TPSA) is 101 Å². The molecule has 0 radical (unpaired) electrons. The van der Waals surface area contributed by atoms with Gasteiger partial charge in [0.05, 0.1) is 6.54 Å². The van der Waals surface area contributed by atoms with Crippen LogP contribution in [0.4, 0.5) is 0 Å². The van der Waals surface area contributed by atoms with Crippen LogP contribution < -0.4 is 5.32 Å². The SMILES string of the molecule is O=C(NCc1nnc2n1CCCCC2)c1ccc2n[nH]nc2c1. The third-order valence-electron chi connectivity index (χ3n) is 4.17. The number of aromatic nitrogens is 6. The minimum atomic E-state index is -0.152. The molecule has 8 nitrogen and oxygen atoms in total. The molecule has 4 rings (SSSR count). The molecule has 0 atom stereocenters. The number of carbonyl (C=O) groups is 1. The van der Waals surface area contributed by atoms with Gasteiger partial charge in [-0.2, -0.15) is 15.4 Å². The predicted molar refractivity (Wildman–Crippen MR) is 82.6 cm³/mol. The molecule has 0 saturated heterocycles. The molecule has 3 aromatic rings. The fourth-order valence-electron chi connectivity index (χ4n) is 2.92. The van der Waals surface area contributed by atoms with Gasteiger partial charge in [-0.15, -0.1) is 10.2 Å². The largest absolute Gasteiger partial charge is 0.345 e. The van der Waals surface area contributed by atoms with Crippen molar-refractivity contribution in [2.24, 2.45) is 0 Å². The van der Waals surface area contributed by atoms with Crippen LogP contribution in [0, 0.1) is 0 Å². The molecule has 2 aromatic heterocycles. The number of aryl methyl sites for hydroxylation is 1. The Hall–Kier alpha value is -2.77. The van der Waals surface area contributed by atoms with E-state index < -0.39 is 0 Å². The number of H-pyrrole nitrogens is 1. The zero-order chi connectivity index (χ0) is 15.6. The monoisotopic (exact) mass is 311 g/mol. The lowest BCUT2D eigenvalue weighted by molar-refractivity contribution is 0.0949. The number of nitrogens with zero attached hydrogens (tertiary/aromatic N) is 5. The zero-order valence-corrected chi connectivity index (χ0v) is 12.6. The molecule has 8 heteroatoms. The van der Waals surface area contributed by atoms with Gasteiger partial charge in [-0.3, -0.25) is 4.79 Å². The zero-order valence-electron chi connectivity index (χ0n) is 12.6. The number of benzene rings is 1. The predicted octanol–water partition coefficient (Wildman–Crippen LogP) is 1.21. The second kappa shape index (κ2) is 5.79. The van der Waals surface area contributed by atoms with Gasteiger partial charge in [0.2, 0.25) is 0 Å². The van der Waals surface area contributed by atoms with Crippen LogP contribution in [0.1, 0.15) is 41.3 Å². The Balaban J connectivity index is 1.48. The van der Waals surface area contributed by atoms with E-state index >= 15 is 0 Å². The highest BCUT2D eigenvalue weighted by atomic mass is 16.1. The van der Waals surface area contributed by atoms with E-state index in [1.807, 2.05) is 0 Å².